The maximum absolute atomic E-state index is 12.6. The fourth-order valence-electron chi connectivity index (χ4n) is 4.64. The molecule has 2 aliphatic rings. The summed E-state index contributed by atoms with van der Waals surface area (Å²) >= 11 is 0. The van der Waals surface area contributed by atoms with E-state index in [0.29, 0.717) is 25.2 Å². The molecule has 0 unspecified atom stereocenters. The minimum Gasteiger partial charge on any atom is -0.393 e. The minimum atomic E-state index is -0.421. The first-order valence-electron chi connectivity index (χ1n) is 10.9. The van der Waals surface area contributed by atoms with Crippen molar-refractivity contribution < 1.29 is 9.90 Å². The highest BCUT2D eigenvalue weighted by atomic mass is 16.3. The number of amides is 2. The van der Waals surface area contributed by atoms with E-state index >= 15 is 0 Å². The first kappa shape index (κ1) is 21.1. The molecule has 6 heteroatoms. The van der Waals surface area contributed by atoms with Gasteiger partial charge < -0.3 is 19.9 Å². The van der Waals surface area contributed by atoms with Crippen molar-refractivity contribution in [3.8, 4) is 11.3 Å². The Kier molecular flexibility index (Phi) is 6.37. The van der Waals surface area contributed by atoms with Gasteiger partial charge in [-0.15, -0.1) is 0 Å². The van der Waals surface area contributed by atoms with Gasteiger partial charge in [-0.2, -0.15) is 0 Å². The number of allylic oxidation sites excluding steroid dienone is 4. The molecule has 0 bridgehead atoms. The second-order valence-corrected chi connectivity index (χ2v) is 8.20. The number of aliphatic hydroxyl groups is 1. The number of carbonyl (C=O) groups excluding carboxylic acids is 1. The smallest absolute Gasteiger partial charge is 0.321 e. The Morgan fingerprint density at radius 2 is 2.13 bits per heavy atom. The minimum absolute atomic E-state index is 0.108. The Bertz CT molecular complexity index is 998. The third-order valence-corrected chi connectivity index (χ3v) is 6.37. The van der Waals surface area contributed by atoms with Crippen LogP contribution >= 0.6 is 0 Å². The van der Waals surface area contributed by atoms with Crippen LogP contribution in [0.4, 0.5) is 4.79 Å². The van der Waals surface area contributed by atoms with Crippen molar-refractivity contribution in [2.45, 2.75) is 38.3 Å². The lowest BCUT2D eigenvalue weighted by Gasteiger charge is -2.35. The van der Waals surface area contributed by atoms with E-state index in [-0.39, 0.29) is 18.0 Å². The quantitative estimate of drug-likeness (QED) is 0.688. The number of rotatable bonds is 6. The van der Waals surface area contributed by atoms with Crippen LogP contribution in [0, 0.1) is 5.92 Å². The van der Waals surface area contributed by atoms with Crippen LogP contribution in [-0.2, 0) is 0 Å². The molecule has 162 valence electrons. The molecule has 6 nitrogen and oxygen atoms in total. The molecule has 1 aromatic carbocycles. The van der Waals surface area contributed by atoms with Crippen molar-refractivity contribution in [1.82, 2.24) is 19.8 Å². The summed E-state index contributed by atoms with van der Waals surface area (Å²) in [6.45, 7) is 6.95. The van der Waals surface area contributed by atoms with Gasteiger partial charge in [0.2, 0.25) is 0 Å². The lowest BCUT2D eigenvalue weighted by atomic mass is 9.86. The molecular formula is C25H30N4O2. The molecule has 2 atom stereocenters. The Balaban J connectivity index is 1.35. The molecule has 4 rings (SSSR count). The van der Waals surface area contributed by atoms with Gasteiger partial charge in [0.1, 0.15) is 0 Å². The molecule has 2 N–H and O–H groups in total. The fraction of sp³-hybridized carbons (Fsp3) is 0.360. The molecule has 1 fully saturated rings. The van der Waals surface area contributed by atoms with E-state index in [2.05, 4.69) is 39.6 Å². The van der Waals surface area contributed by atoms with E-state index in [9.17, 15) is 9.90 Å². The van der Waals surface area contributed by atoms with Crippen molar-refractivity contribution in [3.05, 3.63) is 78.9 Å². The number of nitrogens with zero attached hydrogens (tertiary/aromatic N) is 3. The van der Waals surface area contributed by atoms with Gasteiger partial charge in [0.15, 0.2) is 0 Å². The van der Waals surface area contributed by atoms with E-state index in [0.717, 1.165) is 18.5 Å². The summed E-state index contributed by atoms with van der Waals surface area (Å²) in [4.78, 5) is 18.7. The van der Waals surface area contributed by atoms with E-state index in [1.807, 2.05) is 48.6 Å². The average molecular weight is 419 g/mol. The number of hydrogen-bond donors (Lipinski definition) is 2. The molecule has 2 aromatic rings. The molecular weight excluding hydrogens is 388 g/mol. The fourth-order valence-corrected chi connectivity index (χ4v) is 4.64. The number of likely N-dealkylation sites (tertiary alicyclic amines) is 1. The number of fused-ring (bicyclic) bond motifs is 3. The van der Waals surface area contributed by atoms with Gasteiger partial charge in [-0.1, -0.05) is 43.0 Å². The Morgan fingerprint density at radius 1 is 1.35 bits per heavy atom. The van der Waals surface area contributed by atoms with Crippen LogP contribution in [0.3, 0.4) is 0 Å². The van der Waals surface area contributed by atoms with Crippen LogP contribution < -0.4 is 5.32 Å². The number of carbonyl (C=O) groups is 1. The predicted octanol–water partition coefficient (Wildman–Crippen LogP) is 4.27. The first-order chi connectivity index (χ1) is 15.1. The van der Waals surface area contributed by atoms with Crippen molar-refractivity contribution in [2.75, 3.05) is 13.1 Å². The number of imidazole rings is 1. The average Bonchev–Trinajstić information content (AvgIpc) is 3.39. The third kappa shape index (κ3) is 4.35. The summed E-state index contributed by atoms with van der Waals surface area (Å²) in [6, 6.07) is 8.35. The number of benzene rings is 1. The lowest BCUT2D eigenvalue weighted by Crippen LogP contribution is -2.45. The SMILES string of the molecule is C=C/C(=C\C=C/C)NC(=O)N1CCC([C@H](O)C[C@H]2c3ccccc3-c3cncn32)CC1. The van der Waals surface area contributed by atoms with Crippen LogP contribution in [0.15, 0.2) is 73.4 Å². The van der Waals surface area contributed by atoms with E-state index < -0.39 is 6.10 Å². The number of hydrogen-bond acceptors (Lipinski definition) is 3. The van der Waals surface area contributed by atoms with Gasteiger partial charge in [-0.25, -0.2) is 9.78 Å². The molecule has 0 radical (unpaired) electrons. The zero-order valence-electron chi connectivity index (χ0n) is 17.9. The van der Waals surface area contributed by atoms with E-state index in [1.165, 1.54) is 11.1 Å². The van der Waals surface area contributed by atoms with E-state index in [4.69, 9.17) is 0 Å². The van der Waals surface area contributed by atoms with Crippen molar-refractivity contribution >= 4 is 6.03 Å². The summed E-state index contributed by atoms with van der Waals surface area (Å²) in [5.41, 5.74) is 4.25. The molecule has 2 aliphatic heterocycles. The van der Waals surface area contributed by atoms with E-state index in [1.54, 1.807) is 6.08 Å². The van der Waals surface area contributed by atoms with Gasteiger partial charge in [-0.3, -0.25) is 0 Å². The van der Waals surface area contributed by atoms with Gasteiger partial charge in [-0.05, 0) is 49.8 Å². The Labute approximate surface area is 183 Å². The number of piperidine rings is 1. The van der Waals surface area contributed by atoms with Gasteiger partial charge in [0.05, 0.1) is 30.4 Å². The van der Waals surface area contributed by atoms with Crippen LogP contribution in [0.2, 0.25) is 0 Å². The molecule has 0 saturated carbocycles. The highest BCUT2D eigenvalue weighted by molar-refractivity contribution is 5.76. The summed E-state index contributed by atoms with van der Waals surface area (Å²) in [6.07, 6.45) is 12.8. The topological polar surface area (TPSA) is 70.4 Å². The number of urea groups is 1. The van der Waals surface area contributed by atoms with Gasteiger partial charge in [0, 0.05) is 24.4 Å². The second kappa shape index (κ2) is 9.35. The van der Waals surface area contributed by atoms with Crippen LogP contribution in [0.5, 0.6) is 0 Å². The maximum Gasteiger partial charge on any atom is 0.321 e. The Hall–Kier alpha value is -3.12. The second-order valence-electron chi connectivity index (χ2n) is 8.20. The molecule has 31 heavy (non-hydrogen) atoms. The van der Waals surface area contributed by atoms with Crippen molar-refractivity contribution in [1.29, 1.82) is 0 Å². The normalized spacial score (nSPS) is 19.9. The van der Waals surface area contributed by atoms with Crippen molar-refractivity contribution in [3.63, 3.8) is 0 Å². The monoisotopic (exact) mass is 418 g/mol. The molecule has 0 aliphatic carbocycles. The van der Waals surface area contributed by atoms with Gasteiger partial charge in [0.25, 0.3) is 0 Å². The lowest BCUT2D eigenvalue weighted by molar-refractivity contribution is 0.0541. The van der Waals surface area contributed by atoms with Gasteiger partial charge >= 0.3 is 6.03 Å². The molecule has 2 amide bonds. The largest absolute Gasteiger partial charge is 0.393 e. The Morgan fingerprint density at radius 3 is 2.87 bits per heavy atom. The van der Waals surface area contributed by atoms with Crippen molar-refractivity contribution in [2.24, 2.45) is 5.92 Å². The zero-order chi connectivity index (χ0) is 21.8. The van der Waals surface area contributed by atoms with Crippen LogP contribution in [0.1, 0.15) is 37.8 Å². The number of aliphatic hydroxyl groups excluding tert-OH is 1. The maximum atomic E-state index is 12.6. The highest BCUT2D eigenvalue weighted by Gasteiger charge is 2.33. The molecule has 3 heterocycles. The first-order valence-corrected chi connectivity index (χ1v) is 10.9. The third-order valence-electron chi connectivity index (χ3n) is 6.37. The summed E-state index contributed by atoms with van der Waals surface area (Å²) in [5, 5.41) is 13.9. The summed E-state index contributed by atoms with van der Waals surface area (Å²) < 4.78 is 2.17. The summed E-state index contributed by atoms with van der Waals surface area (Å²) in [5.74, 6) is 0.182. The number of nitrogens with one attached hydrogen (secondary N) is 1. The molecule has 1 saturated heterocycles. The van der Waals surface area contributed by atoms with Crippen LogP contribution in [0.25, 0.3) is 11.3 Å². The predicted molar refractivity (Wildman–Crippen MR) is 122 cm³/mol. The highest BCUT2D eigenvalue weighted by Crippen LogP contribution is 2.42. The number of aromatic nitrogens is 2. The van der Waals surface area contributed by atoms with Crippen LogP contribution in [-0.4, -0.2) is 44.8 Å². The standard InChI is InChI=1S/C25H30N4O2/c1-3-5-8-19(4-2)27-25(31)28-13-11-18(12-14-28)24(30)15-22-20-9-6-7-10-21(20)23-16-26-17-29(22)23/h3-10,16-18,22,24,30H,2,11-15H2,1H3,(H,27,31)/b5-3-,19-8+/t22-,24+/m0/s1. The zero-order valence-corrected chi connectivity index (χ0v) is 17.9. The summed E-state index contributed by atoms with van der Waals surface area (Å²) in [7, 11) is 0. The molecule has 0 spiro atoms. The molecule has 1 aromatic heterocycles.